The average molecular weight is 266 g/mol. The lowest BCUT2D eigenvalue weighted by atomic mass is 10.2. The SMILES string of the molecule is CCCOc1c(F)c(F)c(OCCC)c(F)c1F. The van der Waals surface area contributed by atoms with Gasteiger partial charge in [0.25, 0.3) is 0 Å². The van der Waals surface area contributed by atoms with Gasteiger partial charge in [0, 0.05) is 0 Å². The highest BCUT2D eigenvalue weighted by Crippen LogP contribution is 2.34. The normalized spacial score (nSPS) is 10.6. The number of hydrogen-bond acceptors (Lipinski definition) is 2. The van der Waals surface area contributed by atoms with E-state index in [2.05, 4.69) is 9.47 Å². The Morgan fingerprint density at radius 1 is 0.667 bits per heavy atom. The van der Waals surface area contributed by atoms with Crippen molar-refractivity contribution in [2.45, 2.75) is 26.7 Å². The molecule has 1 aromatic rings. The van der Waals surface area contributed by atoms with Crippen LogP contribution in [0, 0.1) is 23.3 Å². The van der Waals surface area contributed by atoms with Crippen LogP contribution in [0.1, 0.15) is 26.7 Å². The predicted molar refractivity (Wildman–Crippen MR) is 57.8 cm³/mol. The van der Waals surface area contributed by atoms with E-state index in [0.717, 1.165) is 0 Å². The van der Waals surface area contributed by atoms with E-state index in [-0.39, 0.29) is 13.2 Å². The maximum atomic E-state index is 13.5. The van der Waals surface area contributed by atoms with Crippen molar-refractivity contribution in [3.63, 3.8) is 0 Å². The molecule has 0 unspecified atom stereocenters. The van der Waals surface area contributed by atoms with Gasteiger partial charge in [-0.2, -0.15) is 17.6 Å². The third kappa shape index (κ3) is 2.86. The fraction of sp³-hybridized carbons (Fsp3) is 0.500. The lowest BCUT2D eigenvalue weighted by molar-refractivity contribution is 0.243. The molecule has 0 bridgehead atoms. The van der Waals surface area contributed by atoms with E-state index in [9.17, 15) is 17.6 Å². The van der Waals surface area contributed by atoms with E-state index in [4.69, 9.17) is 0 Å². The summed E-state index contributed by atoms with van der Waals surface area (Å²) in [4.78, 5) is 0. The van der Waals surface area contributed by atoms with Crippen molar-refractivity contribution in [3.05, 3.63) is 23.3 Å². The Morgan fingerprint density at radius 2 is 0.944 bits per heavy atom. The van der Waals surface area contributed by atoms with Gasteiger partial charge in [0.15, 0.2) is 11.5 Å². The van der Waals surface area contributed by atoms with Crippen LogP contribution in [0.2, 0.25) is 0 Å². The van der Waals surface area contributed by atoms with Crippen molar-refractivity contribution in [1.82, 2.24) is 0 Å². The molecule has 0 aliphatic heterocycles. The standard InChI is InChI=1S/C12H14F4O2/c1-3-5-17-11-7(13)9(15)12(18-6-4-2)10(16)8(11)14/h3-6H2,1-2H3. The van der Waals surface area contributed by atoms with Crippen LogP contribution >= 0.6 is 0 Å². The highest BCUT2D eigenvalue weighted by Gasteiger charge is 2.27. The van der Waals surface area contributed by atoms with Crippen molar-refractivity contribution < 1.29 is 27.0 Å². The number of halogens is 4. The number of hydrogen-bond donors (Lipinski definition) is 0. The first-order chi connectivity index (χ1) is 8.54. The highest BCUT2D eigenvalue weighted by atomic mass is 19.2. The summed E-state index contributed by atoms with van der Waals surface area (Å²) in [5.74, 6) is -8.39. The van der Waals surface area contributed by atoms with Crippen LogP contribution in [0.15, 0.2) is 0 Å². The zero-order chi connectivity index (χ0) is 13.7. The van der Waals surface area contributed by atoms with E-state index in [1.165, 1.54) is 0 Å². The molecule has 0 aromatic heterocycles. The Balaban J connectivity index is 3.18. The highest BCUT2D eigenvalue weighted by molar-refractivity contribution is 5.38. The first kappa shape index (κ1) is 14.6. The van der Waals surface area contributed by atoms with Crippen molar-refractivity contribution in [3.8, 4) is 11.5 Å². The van der Waals surface area contributed by atoms with Gasteiger partial charge in [-0.25, -0.2) is 0 Å². The topological polar surface area (TPSA) is 18.5 Å². The van der Waals surface area contributed by atoms with Gasteiger partial charge < -0.3 is 9.47 Å². The number of rotatable bonds is 6. The van der Waals surface area contributed by atoms with Crippen LogP contribution in [-0.2, 0) is 0 Å². The van der Waals surface area contributed by atoms with E-state index in [1.807, 2.05) is 0 Å². The molecule has 0 amide bonds. The summed E-state index contributed by atoms with van der Waals surface area (Å²) in [5.41, 5.74) is 0. The van der Waals surface area contributed by atoms with Crippen LogP contribution in [0.3, 0.4) is 0 Å². The molecule has 102 valence electrons. The Kier molecular flexibility index (Phi) is 5.25. The smallest absolute Gasteiger partial charge is 0.207 e. The van der Waals surface area contributed by atoms with Gasteiger partial charge in [-0.05, 0) is 12.8 Å². The minimum atomic E-state index is -1.58. The lowest BCUT2D eigenvalue weighted by Crippen LogP contribution is -2.08. The molecule has 1 aromatic carbocycles. The molecule has 0 aliphatic carbocycles. The molecule has 6 heteroatoms. The predicted octanol–water partition coefficient (Wildman–Crippen LogP) is 3.82. The zero-order valence-electron chi connectivity index (χ0n) is 10.2. The Bertz CT molecular complexity index is 353. The van der Waals surface area contributed by atoms with Crippen LogP contribution in [-0.4, -0.2) is 13.2 Å². The fourth-order valence-electron chi connectivity index (χ4n) is 1.25. The molecular formula is C12H14F4O2. The van der Waals surface area contributed by atoms with Crippen molar-refractivity contribution in [1.29, 1.82) is 0 Å². The summed E-state index contributed by atoms with van der Waals surface area (Å²) in [6.07, 6.45) is 0.909. The summed E-state index contributed by atoms with van der Waals surface area (Å²) in [6, 6.07) is 0. The summed E-state index contributed by atoms with van der Waals surface area (Å²) < 4.78 is 63.2. The molecule has 18 heavy (non-hydrogen) atoms. The third-order valence-electron chi connectivity index (χ3n) is 2.08. The molecule has 0 heterocycles. The van der Waals surface area contributed by atoms with Crippen molar-refractivity contribution in [2.75, 3.05) is 13.2 Å². The first-order valence-electron chi connectivity index (χ1n) is 5.66. The van der Waals surface area contributed by atoms with Crippen molar-refractivity contribution >= 4 is 0 Å². The van der Waals surface area contributed by atoms with Crippen LogP contribution in [0.5, 0.6) is 11.5 Å². The molecule has 0 aliphatic rings. The summed E-state index contributed by atoms with van der Waals surface area (Å²) in [5, 5.41) is 0. The van der Waals surface area contributed by atoms with Gasteiger partial charge in [-0.15, -0.1) is 0 Å². The van der Waals surface area contributed by atoms with Gasteiger partial charge in [0.1, 0.15) is 0 Å². The van der Waals surface area contributed by atoms with Gasteiger partial charge >= 0.3 is 0 Å². The zero-order valence-corrected chi connectivity index (χ0v) is 10.2. The van der Waals surface area contributed by atoms with Gasteiger partial charge in [-0.3, -0.25) is 0 Å². The van der Waals surface area contributed by atoms with E-state index in [1.54, 1.807) is 13.8 Å². The fourth-order valence-corrected chi connectivity index (χ4v) is 1.25. The van der Waals surface area contributed by atoms with Crippen LogP contribution in [0.25, 0.3) is 0 Å². The third-order valence-corrected chi connectivity index (χ3v) is 2.08. The maximum absolute atomic E-state index is 13.5. The van der Waals surface area contributed by atoms with E-state index in [0.29, 0.717) is 12.8 Å². The second-order valence-electron chi connectivity index (χ2n) is 3.61. The quantitative estimate of drug-likeness (QED) is 0.575. The monoisotopic (exact) mass is 266 g/mol. The molecule has 0 fully saturated rings. The number of ether oxygens (including phenoxy) is 2. The van der Waals surface area contributed by atoms with Crippen molar-refractivity contribution in [2.24, 2.45) is 0 Å². The average Bonchev–Trinajstić information content (AvgIpc) is 2.37. The van der Waals surface area contributed by atoms with Gasteiger partial charge in [0.05, 0.1) is 13.2 Å². The van der Waals surface area contributed by atoms with E-state index < -0.39 is 34.8 Å². The molecule has 0 spiro atoms. The van der Waals surface area contributed by atoms with Gasteiger partial charge in [0.2, 0.25) is 23.3 Å². The molecule has 0 atom stereocenters. The lowest BCUT2D eigenvalue weighted by Gasteiger charge is -2.13. The van der Waals surface area contributed by atoms with E-state index >= 15 is 0 Å². The summed E-state index contributed by atoms with van der Waals surface area (Å²) >= 11 is 0. The molecule has 2 nitrogen and oxygen atoms in total. The minimum Gasteiger partial charge on any atom is -0.487 e. The second-order valence-corrected chi connectivity index (χ2v) is 3.61. The summed E-state index contributed by atoms with van der Waals surface area (Å²) in [6.45, 7) is 3.31. The summed E-state index contributed by atoms with van der Waals surface area (Å²) in [7, 11) is 0. The molecule has 0 N–H and O–H groups in total. The van der Waals surface area contributed by atoms with Gasteiger partial charge in [-0.1, -0.05) is 13.8 Å². The largest absolute Gasteiger partial charge is 0.487 e. The molecular weight excluding hydrogens is 252 g/mol. The number of benzene rings is 1. The molecule has 0 saturated carbocycles. The van der Waals surface area contributed by atoms with Crippen LogP contribution < -0.4 is 9.47 Å². The maximum Gasteiger partial charge on any atom is 0.207 e. The molecule has 0 radical (unpaired) electrons. The first-order valence-corrected chi connectivity index (χ1v) is 5.66. The Labute approximate surface area is 103 Å². The minimum absolute atomic E-state index is 0.0398. The second kappa shape index (κ2) is 6.47. The molecule has 1 rings (SSSR count). The Morgan fingerprint density at radius 3 is 1.17 bits per heavy atom. The Hall–Kier alpha value is -1.46. The molecule has 0 saturated heterocycles. The van der Waals surface area contributed by atoms with Crippen LogP contribution in [0.4, 0.5) is 17.6 Å².